The van der Waals surface area contributed by atoms with Gasteiger partial charge in [-0.15, -0.1) is 0 Å². The Morgan fingerprint density at radius 3 is 1.91 bits per heavy atom. The highest BCUT2D eigenvalue weighted by molar-refractivity contribution is 5.82. The number of hydrogen-bond donors (Lipinski definition) is 0. The van der Waals surface area contributed by atoms with Gasteiger partial charge in [-0.05, 0) is 34.4 Å². The van der Waals surface area contributed by atoms with Crippen LogP contribution in [0, 0.1) is 0 Å². The number of rotatable bonds is 1. The Kier molecular flexibility index (Phi) is 2.62. The van der Waals surface area contributed by atoms with E-state index in [2.05, 4.69) is 84.9 Å². The van der Waals surface area contributed by atoms with E-state index >= 15 is 0 Å². The zero-order valence-corrected chi connectivity index (χ0v) is 12.6. The Balaban J connectivity index is 1.78. The van der Waals surface area contributed by atoms with Gasteiger partial charge in [0.2, 0.25) is 0 Å². The monoisotopic (exact) mass is 293 g/mol. The summed E-state index contributed by atoms with van der Waals surface area (Å²) in [6.07, 6.45) is 0. The normalized spacial score (nSPS) is 13.0. The molecule has 0 amide bonds. The van der Waals surface area contributed by atoms with Gasteiger partial charge in [-0.2, -0.15) is 0 Å². The van der Waals surface area contributed by atoms with Crippen LogP contribution in [0.2, 0.25) is 0 Å². The van der Waals surface area contributed by atoms with Crippen molar-refractivity contribution in [2.45, 2.75) is 5.92 Å². The third-order valence-electron chi connectivity index (χ3n) is 4.75. The van der Waals surface area contributed by atoms with E-state index in [9.17, 15) is 0 Å². The third-order valence-corrected chi connectivity index (χ3v) is 4.75. The van der Waals surface area contributed by atoms with E-state index in [-0.39, 0.29) is 5.92 Å². The lowest BCUT2D eigenvalue weighted by Crippen LogP contribution is -2.02. The molecule has 0 unspecified atom stereocenters. The number of hydrogen-bond acceptors (Lipinski definition) is 1. The lowest BCUT2D eigenvalue weighted by Gasteiger charge is -2.14. The molecule has 0 saturated carbocycles. The van der Waals surface area contributed by atoms with Crippen molar-refractivity contribution in [1.29, 1.82) is 0 Å². The zero-order valence-electron chi connectivity index (χ0n) is 12.6. The first-order valence-corrected chi connectivity index (χ1v) is 7.96. The van der Waals surface area contributed by atoms with E-state index in [1.165, 1.54) is 27.6 Å². The third kappa shape index (κ3) is 1.83. The lowest BCUT2D eigenvalue weighted by atomic mass is 9.93. The SMILES string of the molecule is c1ccc2c(c1)-c1ccccc1C2c1ccc2ccccc2n1. The van der Waals surface area contributed by atoms with Gasteiger partial charge in [0, 0.05) is 5.39 Å². The second kappa shape index (κ2) is 4.79. The average molecular weight is 293 g/mol. The predicted octanol–water partition coefficient (Wildman–Crippen LogP) is 5.40. The van der Waals surface area contributed by atoms with Gasteiger partial charge < -0.3 is 0 Å². The molecule has 0 saturated heterocycles. The number of nitrogens with zero attached hydrogens (tertiary/aromatic N) is 1. The highest BCUT2D eigenvalue weighted by atomic mass is 14.7. The first-order valence-electron chi connectivity index (χ1n) is 7.96. The van der Waals surface area contributed by atoms with Crippen LogP contribution in [0.15, 0.2) is 84.9 Å². The largest absolute Gasteiger partial charge is 0.252 e. The van der Waals surface area contributed by atoms with Crippen LogP contribution in [-0.4, -0.2) is 4.98 Å². The molecule has 0 spiro atoms. The highest BCUT2D eigenvalue weighted by Crippen LogP contribution is 2.47. The minimum Gasteiger partial charge on any atom is -0.252 e. The van der Waals surface area contributed by atoms with Crippen molar-refractivity contribution in [3.8, 4) is 11.1 Å². The summed E-state index contributed by atoms with van der Waals surface area (Å²) >= 11 is 0. The molecule has 23 heavy (non-hydrogen) atoms. The van der Waals surface area contributed by atoms with Crippen molar-refractivity contribution in [2.75, 3.05) is 0 Å². The fourth-order valence-corrected chi connectivity index (χ4v) is 3.72. The summed E-state index contributed by atoms with van der Waals surface area (Å²) in [4.78, 5) is 4.95. The minimum atomic E-state index is 0.229. The summed E-state index contributed by atoms with van der Waals surface area (Å²) in [5, 5.41) is 1.19. The number of pyridine rings is 1. The van der Waals surface area contributed by atoms with Crippen LogP contribution in [-0.2, 0) is 0 Å². The summed E-state index contributed by atoms with van der Waals surface area (Å²) in [5.41, 5.74) is 7.58. The molecule has 0 aliphatic heterocycles. The molecule has 1 aliphatic carbocycles. The van der Waals surface area contributed by atoms with E-state index in [4.69, 9.17) is 4.98 Å². The molecule has 1 aromatic heterocycles. The molecule has 1 heteroatoms. The molecule has 3 aromatic carbocycles. The van der Waals surface area contributed by atoms with Crippen molar-refractivity contribution in [3.05, 3.63) is 102 Å². The summed E-state index contributed by atoms with van der Waals surface area (Å²) in [6, 6.07) is 30.0. The lowest BCUT2D eigenvalue weighted by molar-refractivity contribution is 0.959. The average Bonchev–Trinajstić information content (AvgIpc) is 2.96. The van der Waals surface area contributed by atoms with Gasteiger partial charge in [0.25, 0.3) is 0 Å². The van der Waals surface area contributed by atoms with Crippen molar-refractivity contribution >= 4 is 10.9 Å². The van der Waals surface area contributed by atoms with Gasteiger partial charge in [-0.1, -0.05) is 72.8 Å². The van der Waals surface area contributed by atoms with Crippen LogP contribution in [0.1, 0.15) is 22.7 Å². The topological polar surface area (TPSA) is 12.9 Å². The Hall–Kier alpha value is -2.93. The van der Waals surface area contributed by atoms with Crippen LogP contribution in [0.5, 0.6) is 0 Å². The smallest absolute Gasteiger partial charge is 0.0705 e. The molecule has 1 nitrogen and oxygen atoms in total. The van der Waals surface area contributed by atoms with Crippen LogP contribution in [0.25, 0.3) is 22.0 Å². The fraction of sp³-hybridized carbons (Fsp3) is 0.0455. The molecule has 0 bridgehead atoms. The highest BCUT2D eigenvalue weighted by Gasteiger charge is 2.30. The van der Waals surface area contributed by atoms with Crippen LogP contribution >= 0.6 is 0 Å². The van der Waals surface area contributed by atoms with Crippen molar-refractivity contribution in [2.24, 2.45) is 0 Å². The molecule has 0 atom stereocenters. The Morgan fingerprint density at radius 2 is 1.17 bits per heavy atom. The Bertz CT molecular complexity index is 987. The van der Waals surface area contributed by atoms with E-state index in [0.29, 0.717) is 0 Å². The molecule has 5 rings (SSSR count). The van der Waals surface area contributed by atoms with Crippen molar-refractivity contribution < 1.29 is 0 Å². The molecule has 1 heterocycles. The van der Waals surface area contributed by atoms with E-state index in [1.807, 2.05) is 0 Å². The number of aromatic nitrogens is 1. The molecular formula is C22H15N. The van der Waals surface area contributed by atoms with Gasteiger partial charge in [0.15, 0.2) is 0 Å². The molecule has 1 aliphatic rings. The zero-order chi connectivity index (χ0) is 15.2. The van der Waals surface area contributed by atoms with Crippen LogP contribution < -0.4 is 0 Å². The van der Waals surface area contributed by atoms with E-state index < -0.39 is 0 Å². The molecule has 0 fully saturated rings. The first-order chi connectivity index (χ1) is 11.4. The maximum atomic E-state index is 4.95. The van der Waals surface area contributed by atoms with Crippen molar-refractivity contribution in [1.82, 2.24) is 4.98 Å². The predicted molar refractivity (Wildman–Crippen MR) is 94.6 cm³/mol. The molecule has 108 valence electrons. The number of para-hydroxylation sites is 1. The standard InChI is InChI=1S/C22H15N/c1-6-12-20-15(7-1)13-14-21(23-20)22-18-10-4-2-8-16(18)17-9-3-5-11-19(17)22/h1-14,22H. The molecular weight excluding hydrogens is 278 g/mol. The quantitative estimate of drug-likeness (QED) is 0.403. The number of fused-ring (bicyclic) bond motifs is 4. The van der Waals surface area contributed by atoms with Gasteiger partial charge in [0.1, 0.15) is 0 Å². The van der Waals surface area contributed by atoms with E-state index in [1.54, 1.807) is 0 Å². The summed E-state index contributed by atoms with van der Waals surface area (Å²) in [5.74, 6) is 0.229. The van der Waals surface area contributed by atoms with Gasteiger partial charge in [0.05, 0.1) is 17.1 Å². The molecule has 0 radical (unpaired) electrons. The fourth-order valence-electron chi connectivity index (χ4n) is 3.72. The molecule has 0 N–H and O–H groups in total. The Morgan fingerprint density at radius 1 is 0.565 bits per heavy atom. The van der Waals surface area contributed by atoms with Gasteiger partial charge >= 0.3 is 0 Å². The van der Waals surface area contributed by atoms with Gasteiger partial charge in [-0.3, -0.25) is 4.98 Å². The molecule has 4 aromatic rings. The van der Waals surface area contributed by atoms with E-state index in [0.717, 1.165) is 11.2 Å². The maximum Gasteiger partial charge on any atom is 0.0705 e. The Labute approximate surface area is 135 Å². The second-order valence-electron chi connectivity index (χ2n) is 6.04. The number of benzene rings is 3. The summed E-state index contributed by atoms with van der Waals surface area (Å²) in [7, 11) is 0. The minimum absolute atomic E-state index is 0.229. The second-order valence-corrected chi connectivity index (χ2v) is 6.04. The van der Waals surface area contributed by atoms with Gasteiger partial charge in [-0.25, -0.2) is 0 Å². The van der Waals surface area contributed by atoms with Crippen LogP contribution in [0.3, 0.4) is 0 Å². The summed E-state index contributed by atoms with van der Waals surface area (Å²) in [6.45, 7) is 0. The van der Waals surface area contributed by atoms with Crippen LogP contribution in [0.4, 0.5) is 0 Å². The maximum absolute atomic E-state index is 4.95. The van der Waals surface area contributed by atoms with Crippen molar-refractivity contribution in [3.63, 3.8) is 0 Å². The first kappa shape index (κ1) is 12.6. The summed E-state index contributed by atoms with van der Waals surface area (Å²) < 4.78 is 0.